The normalized spacial score (nSPS) is 16.1. The first-order valence-electron chi connectivity index (χ1n) is 6.61. The van der Waals surface area contributed by atoms with Crippen LogP contribution in [0.3, 0.4) is 0 Å². The molecule has 0 bridgehead atoms. The van der Waals surface area contributed by atoms with Gasteiger partial charge >= 0.3 is 0 Å². The van der Waals surface area contributed by atoms with Gasteiger partial charge in [-0.05, 0) is 41.8 Å². The van der Waals surface area contributed by atoms with Gasteiger partial charge in [-0.1, -0.05) is 41.4 Å². The number of hydrogen-bond donors (Lipinski definition) is 1. The molecule has 1 heterocycles. The summed E-state index contributed by atoms with van der Waals surface area (Å²) in [5.41, 5.74) is 10.6. The molecule has 2 aromatic carbocycles. The van der Waals surface area contributed by atoms with Crippen molar-refractivity contribution < 1.29 is 0 Å². The van der Waals surface area contributed by atoms with Gasteiger partial charge in [-0.25, -0.2) is 0 Å². The van der Waals surface area contributed by atoms with Gasteiger partial charge in [0.2, 0.25) is 0 Å². The van der Waals surface area contributed by atoms with Crippen molar-refractivity contribution in [2.24, 2.45) is 0 Å². The van der Waals surface area contributed by atoms with Crippen LogP contribution in [0.15, 0.2) is 36.4 Å². The molecule has 0 aromatic heterocycles. The first-order chi connectivity index (χ1) is 9.56. The highest BCUT2D eigenvalue weighted by atomic mass is 35.5. The third-order valence-electron chi connectivity index (χ3n) is 4.00. The topological polar surface area (TPSA) is 29.3 Å². The number of benzene rings is 2. The molecule has 0 saturated heterocycles. The average molecular weight is 307 g/mol. The lowest BCUT2D eigenvalue weighted by molar-refractivity contribution is 0.215. The zero-order valence-electron chi connectivity index (χ0n) is 11.2. The Hall–Kier alpha value is -1.22. The molecule has 1 aliphatic rings. The fraction of sp³-hybridized carbons (Fsp3) is 0.250. The van der Waals surface area contributed by atoms with Crippen molar-refractivity contribution in [3.8, 4) is 0 Å². The Kier molecular flexibility index (Phi) is 3.63. The summed E-state index contributed by atoms with van der Waals surface area (Å²) in [6.07, 6.45) is 0. The van der Waals surface area contributed by atoms with Crippen LogP contribution in [0.4, 0.5) is 5.69 Å². The van der Waals surface area contributed by atoms with Crippen LogP contribution in [0.5, 0.6) is 0 Å². The van der Waals surface area contributed by atoms with Crippen LogP contribution >= 0.6 is 23.2 Å². The molecule has 0 fully saturated rings. The quantitative estimate of drug-likeness (QED) is 0.818. The third kappa shape index (κ3) is 2.39. The minimum atomic E-state index is 0.228. The SMILES string of the molecule is CC(c1ccc(Cl)cc1Cl)N1Cc2cccc(N)c2C1. The van der Waals surface area contributed by atoms with E-state index in [0.29, 0.717) is 10.0 Å². The van der Waals surface area contributed by atoms with E-state index in [1.54, 1.807) is 6.07 Å². The van der Waals surface area contributed by atoms with Crippen molar-refractivity contribution in [1.29, 1.82) is 0 Å². The van der Waals surface area contributed by atoms with E-state index < -0.39 is 0 Å². The zero-order valence-corrected chi connectivity index (χ0v) is 12.7. The van der Waals surface area contributed by atoms with Crippen LogP contribution in [0, 0.1) is 0 Å². The summed E-state index contributed by atoms with van der Waals surface area (Å²) in [5.74, 6) is 0. The highest BCUT2D eigenvalue weighted by molar-refractivity contribution is 6.35. The fourth-order valence-electron chi connectivity index (χ4n) is 2.78. The smallest absolute Gasteiger partial charge is 0.0468 e. The molecule has 2 N–H and O–H groups in total. The highest BCUT2D eigenvalue weighted by Gasteiger charge is 2.26. The van der Waals surface area contributed by atoms with Crippen LogP contribution in [0.2, 0.25) is 10.0 Å². The molecule has 0 radical (unpaired) electrons. The molecule has 20 heavy (non-hydrogen) atoms. The number of nitrogens with two attached hydrogens (primary N) is 1. The van der Waals surface area contributed by atoms with Crippen LogP contribution in [0.25, 0.3) is 0 Å². The first kappa shape index (κ1) is 13.7. The number of rotatable bonds is 2. The first-order valence-corrected chi connectivity index (χ1v) is 7.37. The number of nitrogen functional groups attached to an aromatic ring is 1. The zero-order chi connectivity index (χ0) is 14.3. The van der Waals surface area contributed by atoms with Crippen molar-refractivity contribution in [2.45, 2.75) is 26.1 Å². The Morgan fingerprint density at radius 3 is 2.65 bits per heavy atom. The van der Waals surface area contributed by atoms with Crippen LogP contribution < -0.4 is 5.73 Å². The second-order valence-electron chi connectivity index (χ2n) is 5.23. The van der Waals surface area contributed by atoms with E-state index >= 15 is 0 Å². The molecule has 2 nitrogen and oxygen atoms in total. The second kappa shape index (κ2) is 5.28. The Bertz CT molecular complexity index is 655. The number of anilines is 1. The molecule has 1 aliphatic heterocycles. The predicted molar refractivity (Wildman–Crippen MR) is 85.0 cm³/mol. The minimum Gasteiger partial charge on any atom is -0.398 e. The summed E-state index contributed by atoms with van der Waals surface area (Å²) < 4.78 is 0. The van der Waals surface area contributed by atoms with Gasteiger partial charge in [-0.15, -0.1) is 0 Å². The van der Waals surface area contributed by atoms with Crippen molar-refractivity contribution in [3.63, 3.8) is 0 Å². The summed E-state index contributed by atoms with van der Waals surface area (Å²) in [6.45, 7) is 3.93. The van der Waals surface area contributed by atoms with Gasteiger partial charge < -0.3 is 5.73 Å². The predicted octanol–water partition coefficient (Wildman–Crippen LogP) is 4.65. The molecule has 0 saturated carbocycles. The summed E-state index contributed by atoms with van der Waals surface area (Å²) >= 11 is 12.3. The molecule has 1 atom stereocenters. The molecule has 3 rings (SSSR count). The number of hydrogen-bond acceptors (Lipinski definition) is 2. The monoisotopic (exact) mass is 306 g/mol. The fourth-order valence-corrected chi connectivity index (χ4v) is 3.35. The largest absolute Gasteiger partial charge is 0.398 e. The van der Waals surface area contributed by atoms with E-state index in [0.717, 1.165) is 24.3 Å². The van der Waals surface area contributed by atoms with Gasteiger partial charge in [0.1, 0.15) is 0 Å². The molecule has 0 aliphatic carbocycles. The number of halogens is 2. The van der Waals surface area contributed by atoms with Gasteiger partial charge in [0.05, 0.1) is 0 Å². The molecule has 1 unspecified atom stereocenters. The van der Waals surface area contributed by atoms with Crippen LogP contribution in [0.1, 0.15) is 29.7 Å². The average Bonchev–Trinajstić information content (AvgIpc) is 2.83. The molecule has 104 valence electrons. The van der Waals surface area contributed by atoms with Crippen molar-refractivity contribution in [2.75, 3.05) is 5.73 Å². The Morgan fingerprint density at radius 1 is 1.15 bits per heavy atom. The second-order valence-corrected chi connectivity index (χ2v) is 6.08. The Morgan fingerprint density at radius 2 is 1.95 bits per heavy atom. The summed E-state index contributed by atoms with van der Waals surface area (Å²) in [4.78, 5) is 2.37. The number of nitrogens with zero attached hydrogens (tertiary/aromatic N) is 1. The maximum Gasteiger partial charge on any atom is 0.0468 e. The summed E-state index contributed by atoms with van der Waals surface area (Å²) in [7, 11) is 0. The molecule has 4 heteroatoms. The Balaban J connectivity index is 1.87. The van der Waals surface area contributed by atoms with Crippen molar-refractivity contribution in [1.82, 2.24) is 4.90 Å². The maximum absolute atomic E-state index is 6.31. The van der Waals surface area contributed by atoms with Gasteiger partial charge in [0.25, 0.3) is 0 Å². The standard InChI is InChI=1S/C16H16Cl2N2/c1-10(13-6-5-12(17)7-15(13)18)20-8-11-3-2-4-16(19)14(11)9-20/h2-7,10H,8-9,19H2,1H3. The number of fused-ring (bicyclic) bond motifs is 1. The molecular formula is C16H16Cl2N2. The van der Waals surface area contributed by atoms with Crippen LogP contribution in [-0.2, 0) is 13.1 Å². The van der Waals surface area contributed by atoms with E-state index in [2.05, 4.69) is 17.9 Å². The summed E-state index contributed by atoms with van der Waals surface area (Å²) in [5, 5.41) is 1.38. The minimum absolute atomic E-state index is 0.228. The molecule has 2 aromatic rings. The molecule has 0 spiro atoms. The Labute approximate surface area is 129 Å². The van der Waals surface area contributed by atoms with Gasteiger partial charge in [-0.3, -0.25) is 4.90 Å². The third-order valence-corrected chi connectivity index (χ3v) is 4.57. The van der Waals surface area contributed by atoms with E-state index in [1.807, 2.05) is 24.3 Å². The lowest BCUT2D eigenvalue weighted by Crippen LogP contribution is -2.21. The van der Waals surface area contributed by atoms with E-state index in [1.165, 1.54) is 11.1 Å². The van der Waals surface area contributed by atoms with Crippen molar-refractivity contribution in [3.05, 3.63) is 63.1 Å². The van der Waals surface area contributed by atoms with Gasteiger partial charge in [0.15, 0.2) is 0 Å². The summed E-state index contributed by atoms with van der Waals surface area (Å²) in [6, 6.07) is 12.0. The van der Waals surface area contributed by atoms with Crippen LogP contribution in [-0.4, -0.2) is 4.90 Å². The lowest BCUT2D eigenvalue weighted by atomic mass is 10.1. The van der Waals surface area contributed by atoms with Crippen molar-refractivity contribution >= 4 is 28.9 Å². The highest BCUT2D eigenvalue weighted by Crippen LogP contribution is 2.36. The molecule has 0 amide bonds. The van der Waals surface area contributed by atoms with Gasteiger partial charge in [-0.2, -0.15) is 0 Å². The lowest BCUT2D eigenvalue weighted by Gasteiger charge is -2.25. The van der Waals surface area contributed by atoms with E-state index in [4.69, 9.17) is 28.9 Å². The molecular weight excluding hydrogens is 291 g/mol. The van der Waals surface area contributed by atoms with Gasteiger partial charge in [0, 0.05) is 34.9 Å². The van der Waals surface area contributed by atoms with E-state index in [-0.39, 0.29) is 6.04 Å². The maximum atomic E-state index is 6.31. The van der Waals surface area contributed by atoms with E-state index in [9.17, 15) is 0 Å².